The maximum absolute atomic E-state index is 13.1. The minimum absolute atomic E-state index is 0.0525. The van der Waals surface area contributed by atoms with E-state index in [1.54, 1.807) is 0 Å². The van der Waals surface area contributed by atoms with Crippen molar-refractivity contribution in [3.05, 3.63) is 59.7 Å². The van der Waals surface area contributed by atoms with Gasteiger partial charge in [0.1, 0.15) is 12.1 Å². The molecule has 1 spiro atoms. The summed E-state index contributed by atoms with van der Waals surface area (Å²) in [6, 6.07) is 16.3. The van der Waals surface area contributed by atoms with Crippen molar-refractivity contribution in [2.75, 3.05) is 13.2 Å². The predicted octanol–water partition coefficient (Wildman–Crippen LogP) is 4.21. The van der Waals surface area contributed by atoms with Gasteiger partial charge in [0, 0.05) is 12.5 Å². The maximum Gasteiger partial charge on any atom is 0.408 e. The third kappa shape index (κ3) is 3.27. The predicted molar refractivity (Wildman–Crippen MR) is 129 cm³/mol. The highest BCUT2D eigenvalue weighted by atomic mass is 16.5. The van der Waals surface area contributed by atoms with E-state index in [-0.39, 0.29) is 30.4 Å². The molecule has 2 aromatic rings. The lowest BCUT2D eigenvalue weighted by Crippen LogP contribution is -2.63. The molecule has 3 fully saturated rings. The van der Waals surface area contributed by atoms with Gasteiger partial charge in [-0.3, -0.25) is 9.59 Å². The van der Waals surface area contributed by atoms with Crippen LogP contribution in [0.4, 0.5) is 4.79 Å². The van der Waals surface area contributed by atoms with Gasteiger partial charge < -0.3 is 20.5 Å². The number of ether oxygens (including phenoxy) is 1. The summed E-state index contributed by atoms with van der Waals surface area (Å²) >= 11 is 0. The molecule has 7 nitrogen and oxygen atoms in total. The average Bonchev–Trinajstić information content (AvgIpc) is 3.43. The molecule has 4 aliphatic carbocycles. The number of fused-ring (bicyclic) bond motifs is 3. The summed E-state index contributed by atoms with van der Waals surface area (Å²) < 4.78 is 5.65. The number of carboxylic acids is 1. The van der Waals surface area contributed by atoms with Crippen LogP contribution in [0.25, 0.3) is 11.1 Å². The van der Waals surface area contributed by atoms with E-state index >= 15 is 0 Å². The largest absolute Gasteiger partial charge is 0.481 e. The molecule has 35 heavy (non-hydrogen) atoms. The molecular formula is C28H30N2O5. The molecule has 0 aromatic heterocycles. The van der Waals surface area contributed by atoms with Crippen molar-refractivity contribution in [3.63, 3.8) is 0 Å². The lowest BCUT2D eigenvalue weighted by molar-refractivity contribution is -0.146. The smallest absolute Gasteiger partial charge is 0.408 e. The molecule has 0 radical (unpaired) electrons. The zero-order chi connectivity index (χ0) is 24.3. The number of nitrogens with one attached hydrogen (secondary N) is 2. The molecular weight excluding hydrogens is 444 g/mol. The van der Waals surface area contributed by atoms with Gasteiger partial charge in [0.25, 0.3) is 0 Å². The molecule has 1 unspecified atom stereocenters. The summed E-state index contributed by atoms with van der Waals surface area (Å²) in [7, 11) is 0. The van der Waals surface area contributed by atoms with E-state index in [1.807, 2.05) is 24.3 Å². The zero-order valence-corrected chi connectivity index (χ0v) is 19.6. The van der Waals surface area contributed by atoms with Crippen LogP contribution in [0.3, 0.4) is 0 Å². The fourth-order valence-electron chi connectivity index (χ4n) is 6.59. The molecule has 0 bridgehead atoms. The van der Waals surface area contributed by atoms with Gasteiger partial charge >= 0.3 is 12.1 Å². The molecule has 6 rings (SSSR count). The molecule has 7 heteroatoms. The Morgan fingerprint density at radius 3 is 2.00 bits per heavy atom. The number of benzene rings is 2. The third-order valence-electron chi connectivity index (χ3n) is 9.13. The second kappa shape index (κ2) is 7.83. The van der Waals surface area contributed by atoms with Crippen LogP contribution in [-0.2, 0) is 14.3 Å². The lowest BCUT2D eigenvalue weighted by atomic mass is 9.74. The zero-order valence-electron chi connectivity index (χ0n) is 19.6. The van der Waals surface area contributed by atoms with Gasteiger partial charge in [-0.05, 0) is 66.2 Å². The molecule has 3 saturated carbocycles. The number of amides is 2. The van der Waals surface area contributed by atoms with Crippen LogP contribution >= 0.6 is 0 Å². The van der Waals surface area contributed by atoms with E-state index < -0.39 is 23.0 Å². The van der Waals surface area contributed by atoms with Crippen LogP contribution in [0.5, 0.6) is 0 Å². The van der Waals surface area contributed by atoms with Gasteiger partial charge in [0.2, 0.25) is 5.91 Å². The molecule has 0 saturated heterocycles. The van der Waals surface area contributed by atoms with Gasteiger partial charge in [0.05, 0.1) is 5.41 Å². The highest BCUT2D eigenvalue weighted by Crippen LogP contribution is 2.73. The minimum Gasteiger partial charge on any atom is -0.481 e. The van der Waals surface area contributed by atoms with E-state index in [1.165, 1.54) is 0 Å². The standard InChI is InChI=1S/C28H30N2O5/c31-23(29-17-27(24(32)33)16-26(27)11-5-12-26)28(13-6-14-28)30-25(34)35-15-22-20-9-3-1-7-18(20)19-8-2-4-10-21(19)22/h1-4,7-10,22H,5-6,11-17H2,(H,29,31)(H,30,34)(H,32,33). The Balaban J connectivity index is 1.09. The van der Waals surface area contributed by atoms with Crippen LogP contribution in [-0.4, -0.2) is 41.8 Å². The SMILES string of the molecule is O=C(NC1(C(=O)NCC2(C(=O)O)CC23CCC3)CCC1)OCC1c2ccccc2-c2ccccc21. The van der Waals surface area contributed by atoms with Crippen molar-refractivity contribution in [1.29, 1.82) is 0 Å². The minimum atomic E-state index is -1.02. The van der Waals surface area contributed by atoms with E-state index in [0.717, 1.165) is 47.9 Å². The second-order valence-corrected chi connectivity index (χ2v) is 10.8. The third-order valence-corrected chi connectivity index (χ3v) is 9.13. The quantitative estimate of drug-likeness (QED) is 0.558. The Morgan fingerprint density at radius 1 is 0.914 bits per heavy atom. The van der Waals surface area contributed by atoms with E-state index in [2.05, 4.69) is 34.9 Å². The lowest BCUT2D eigenvalue weighted by Gasteiger charge is -2.41. The fourth-order valence-corrected chi connectivity index (χ4v) is 6.59. The van der Waals surface area contributed by atoms with Gasteiger partial charge in [-0.2, -0.15) is 0 Å². The first-order valence-corrected chi connectivity index (χ1v) is 12.5. The van der Waals surface area contributed by atoms with Crippen LogP contribution in [0.2, 0.25) is 0 Å². The van der Waals surface area contributed by atoms with Crippen LogP contribution in [0.15, 0.2) is 48.5 Å². The van der Waals surface area contributed by atoms with Crippen molar-refractivity contribution in [2.45, 2.75) is 56.4 Å². The molecule has 4 aliphatic rings. The number of carboxylic acid groups (broad SMARTS) is 1. The summed E-state index contributed by atoms with van der Waals surface area (Å²) in [5.74, 6) is -1.19. The number of carbonyl (C=O) groups is 3. The maximum atomic E-state index is 13.1. The Morgan fingerprint density at radius 2 is 1.51 bits per heavy atom. The number of alkyl carbamates (subject to hydrolysis) is 1. The Bertz CT molecular complexity index is 1170. The first kappa shape index (κ1) is 22.1. The fraction of sp³-hybridized carbons (Fsp3) is 0.464. The van der Waals surface area contributed by atoms with E-state index in [4.69, 9.17) is 4.74 Å². The average molecular weight is 475 g/mol. The monoisotopic (exact) mass is 474 g/mol. The van der Waals surface area contributed by atoms with Gasteiger partial charge in [-0.25, -0.2) is 4.79 Å². The van der Waals surface area contributed by atoms with Gasteiger partial charge in [-0.1, -0.05) is 55.0 Å². The molecule has 182 valence electrons. The summed E-state index contributed by atoms with van der Waals surface area (Å²) in [6.45, 7) is 0.303. The van der Waals surface area contributed by atoms with Crippen molar-refractivity contribution >= 4 is 18.0 Å². The van der Waals surface area contributed by atoms with Crippen LogP contribution in [0.1, 0.15) is 62.0 Å². The molecule has 3 N–H and O–H groups in total. The normalized spacial score (nSPS) is 24.3. The Hall–Kier alpha value is -3.35. The van der Waals surface area contributed by atoms with Crippen molar-refractivity contribution in [1.82, 2.24) is 10.6 Å². The van der Waals surface area contributed by atoms with Crippen LogP contribution < -0.4 is 10.6 Å². The first-order chi connectivity index (χ1) is 16.9. The van der Waals surface area contributed by atoms with E-state index in [9.17, 15) is 19.5 Å². The van der Waals surface area contributed by atoms with Crippen LogP contribution in [0, 0.1) is 10.8 Å². The summed E-state index contributed by atoms with van der Waals surface area (Å²) in [4.78, 5) is 37.9. The molecule has 2 amide bonds. The highest BCUT2D eigenvalue weighted by Gasteiger charge is 2.74. The molecule has 0 heterocycles. The van der Waals surface area contributed by atoms with E-state index in [0.29, 0.717) is 19.3 Å². The highest BCUT2D eigenvalue weighted by molar-refractivity contribution is 5.92. The first-order valence-electron chi connectivity index (χ1n) is 12.5. The van der Waals surface area contributed by atoms with Gasteiger partial charge in [-0.15, -0.1) is 0 Å². The number of hydrogen-bond acceptors (Lipinski definition) is 4. The number of aliphatic carboxylic acids is 1. The number of rotatable bonds is 7. The summed E-state index contributed by atoms with van der Waals surface area (Å²) in [5, 5.41) is 15.5. The molecule has 2 aromatic carbocycles. The number of carbonyl (C=O) groups excluding carboxylic acids is 2. The van der Waals surface area contributed by atoms with Gasteiger partial charge in [0.15, 0.2) is 0 Å². The van der Waals surface area contributed by atoms with Crippen molar-refractivity contribution in [2.24, 2.45) is 10.8 Å². The Kier molecular flexibility index (Phi) is 4.95. The van der Waals surface area contributed by atoms with Crippen molar-refractivity contribution in [3.8, 4) is 11.1 Å². The number of hydrogen-bond donors (Lipinski definition) is 3. The topological polar surface area (TPSA) is 105 Å². The molecule has 0 aliphatic heterocycles. The molecule has 1 atom stereocenters. The van der Waals surface area contributed by atoms with Crippen molar-refractivity contribution < 1.29 is 24.2 Å². The summed E-state index contributed by atoms with van der Waals surface area (Å²) in [5.41, 5.74) is 2.56. The Labute approximate surface area is 204 Å². The second-order valence-electron chi connectivity index (χ2n) is 10.8. The summed E-state index contributed by atoms with van der Waals surface area (Å²) in [6.07, 6.45) is 4.76.